The molecule has 0 atom stereocenters. The molecule has 0 unspecified atom stereocenters. The Hall–Kier alpha value is -1.44. The van der Waals surface area contributed by atoms with Crippen LogP contribution < -0.4 is 10.5 Å². The molecule has 0 aliphatic heterocycles. The van der Waals surface area contributed by atoms with E-state index in [1.165, 1.54) is 23.5 Å². The molecule has 2 aromatic rings. The fourth-order valence-electron chi connectivity index (χ4n) is 1.29. The highest BCUT2D eigenvalue weighted by Gasteiger charge is 2.06. The number of nitrogens with zero attached hydrogens (tertiary/aromatic N) is 1. The number of aromatic nitrogens is 1. The number of hydrogen-bond donors (Lipinski definition) is 2. The van der Waals surface area contributed by atoms with E-state index >= 15 is 0 Å². The smallest absolute Gasteiger partial charge is 0.238 e. The van der Waals surface area contributed by atoms with Gasteiger partial charge in [-0.2, -0.15) is 0 Å². The minimum Gasteiger partial charge on any atom is -0.357 e. The number of benzene rings is 1. The van der Waals surface area contributed by atoms with Crippen LogP contribution in [0, 0.1) is 0 Å². The van der Waals surface area contributed by atoms with Crippen LogP contribution in [-0.4, -0.2) is 13.4 Å². The molecule has 0 spiro atoms. The molecule has 0 radical (unpaired) electrons. The van der Waals surface area contributed by atoms with Crippen molar-refractivity contribution in [2.75, 3.05) is 5.32 Å². The zero-order valence-electron chi connectivity index (χ0n) is 8.83. The average molecular weight is 269 g/mol. The highest BCUT2D eigenvalue weighted by molar-refractivity contribution is 7.89. The molecule has 90 valence electrons. The van der Waals surface area contributed by atoms with E-state index in [2.05, 4.69) is 10.3 Å². The molecule has 1 aromatic heterocycles. The topological polar surface area (TPSA) is 85.1 Å². The Morgan fingerprint density at radius 1 is 1.29 bits per heavy atom. The third-order valence-corrected chi connectivity index (χ3v) is 3.79. The van der Waals surface area contributed by atoms with Crippen LogP contribution in [0.15, 0.2) is 40.7 Å². The summed E-state index contributed by atoms with van der Waals surface area (Å²) >= 11 is 1.51. The number of nitrogens with two attached hydrogens (primary N) is 1. The van der Waals surface area contributed by atoms with Gasteiger partial charge in [0.15, 0.2) is 5.13 Å². The summed E-state index contributed by atoms with van der Waals surface area (Å²) in [7, 11) is -3.61. The predicted octanol–water partition coefficient (Wildman–Crippen LogP) is 1.40. The third-order valence-electron chi connectivity index (χ3n) is 2.13. The van der Waals surface area contributed by atoms with Gasteiger partial charge in [-0.15, -0.1) is 11.3 Å². The van der Waals surface area contributed by atoms with Crippen LogP contribution >= 0.6 is 11.3 Å². The molecule has 1 heterocycles. The van der Waals surface area contributed by atoms with Crippen molar-refractivity contribution in [3.63, 3.8) is 0 Å². The Kier molecular flexibility index (Phi) is 3.41. The zero-order chi connectivity index (χ0) is 12.3. The van der Waals surface area contributed by atoms with Crippen molar-refractivity contribution in [1.29, 1.82) is 0 Å². The summed E-state index contributed by atoms with van der Waals surface area (Å²) in [6.07, 6.45) is 1.72. The molecule has 0 saturated heterocycles. The van der Waals surface area contributed by atoms with E-state index in [1.807, 2.05) is 5.38 Å². The van der Waals surface area contributed by atoms with E-state index in [-0.39, 0.29) is 4.90 Å². The lowest BCUT2D eigenvalue weighted by Gasteiger charge is -2.03. The lowest BCUT2D eigenvalue weighted by Crippen LogP contribution is -2.12. The Morgan fingerprint density at radius 2 is 2.00 bits per heavy atom. The molecule has 0 amide bonds. The van der Waals surface area contributed by atoms with Crippen LogP contribution in [0.25, 0.3) is 0 Å². The van der Waals surface area contributed by atoms with Crippen molar-refractivity contribution in [1.82, 2.24) is 4.98 Å². The first-order valence-corrected chi connectivity index (χ1v) is 7.23. The Bertz CT molecular complexity index is 577. The van der Waals surface area contributed by atoms with Gasteiger partial charge in [0.2, 0.25) is 10.0 Å². The number of thiazole rings is 1. The van der Waals surface area contributed by atoms with Gasteiger partial charge in [0.1, 0.15) is 0 Å². The van der Waals surface area contributed by atoms with Crippen LogP contribution in [0.2, 0.25) is 0 Å². The Balaban J connectivity index is 2.04. The van der Waals surface area contributed by atoms with Gasteiger partial charge >= 0.3 is 0 Å². The maximum absolute atomic E-state index is 11.0. The largest absolute Gasteiger partial charge is 0.357 e. The summed E-state index contributed by atoms with van der Waals surface area (Å²) in [5, 5.41) is 10.8. The molecule has 0 saturated carbocycles. The zero-order valence-corrected chi connectivity index (χ0v) is 10.5. The first-order chi connectivity index (χ1) is 8.05. The van der Waals surface area contributed by atoms with Crippen LogP contribution in [0.3, 0.4) is 0 Å². The van der Waals surface area contributed by atoms with E-state index in [4.69, 9.17) is 5.14 Å². The van der Waals surface area contributed by atoms with Crippen LogP contribution in [0.4, 0.5) is 5.13 Å². The summed E-state index contributed by atoms with van der Waals surface area (Å²) in [4.78, 5) is 4.20. The molecule has 0 fully saturated rings. The first-order valence-electron chi connectivity index (χ1n) is 4.81. The second-order valence-electron chi connectivity index (χ2n) is 3.38. The summed E-state index contributed by atoms with van der Waals surface area (Å²) in [5.74, 6) is 0. The number of anilines is 1. The summed E-state index contributed by atoms with van der Waals surface area (Å²) in [5.41, 5.74) is 0.965. The summed E-state index contributed by atoms with van der Waals surface area (Å²) in [6.45, 7) is 0.596. The van der Waals surface area contributed by atoms with Gasteiger partial charge in [-0.3, -0.25) is 0 Å². The summed E-state index contributed by atoms with van der Waals surface area (Å²) in [6, 6.07) is 6.43. The molecule has 7 heteroatoms. The standard InChI is InChI=1S/C10H11N3O2S2/c11-17(14,15)9-3-1-8(2-4-9)7-13-10-12-5-6-16-10/h1-6H,7H2,(H,12,13)(H2,11,14,15). The van der Waals surface area contributed by atoms with E-state index < -0.39 is 10.0 Å². The molecule has 17 heavy (non-hydrogen) atoms. The molecule has 3 N–H and O–H groups in total. The second-order valence-corrected chi connectivity index (χ2v) is 5.84. The normalized spacial score (nSPS) is 11.4. The van der Waals surface area contributed by atoms with Crippen molar-refractivity contribution >= 4 is 26.5 Å². The average Bonchev–Trinajstić information content (AvgIpc) is 2.78. The maximum Gasteiger partial charge on any atom is 0.238 e. The van der Waals surface area contributed by atoms with E-state index in [0.29, 0.717) is 6.54 Å². The number of primary sulfonamides is 1. The van der Waals surface area contributed by atoms with Crippen molar-refractivity contribution < 1.29 is 8.42 Å². The van der Waals surface area contributed by atoms with Crippen molar-refractivity contribution in [2.24, 2.45) is 5.14 Å². The lowest BCUT2D eigenvalue weighted by atomic mass is 10.2. The van der Waals surface area contributed by atoms with Gasteiger partial charge in [0.05, 0.1) is 4.90 Å². The molecule has 0 aliphatic rings. The van der Waals surface area contributed by atoms with E-state index in [0.717, 1.165) is 10.7 Å². The number of rotatable bonds is 4. The minimum absolute atomic E-state index is 0.121. The molecule has 0 aliphatic carbocycles. The third kappa shape index (κ3) is 3.26. The first kappa shape index (κ1) is 12.0. The Labute approximate surface area is 103 Å². The van der Waals surface area contributed by atoms with Crippen LogP contribution in [-0.2, 0) is 16.6 Å². The SMILES string of the molecule is NS(=O)(=O)c1ccc(CNc2nccs2)cc1. The van der Waals surface area contributed by atoms with Gasteiger partial charge in [0.25, 0.3) is 0 Å². The molecule has 5 nitrogen and oxygen atoms in total. The molecular formula is C10H11N3O2S2. The van der Waals surface area contributed by atoms with Gasteiger partial charge in [-0.1, -0.05) is 12.1 Å². The maximum atomic E-state index is 11.0. The number of hydrogen-bond acceptors (Lipinski definition) is 5. The Morgan fingerprint density at radius 3 is 2.53 bits per heavy atom. The molecule has 0 bridgehead atoms. The molecular weight excluding hydrogens is 258 g/mol. The minimum atomic E-state index is -3.61. The number of nitrogens with one attached hydrogen (secondary N) is 1. The lowest BCUT2D eigenvalue weighted by molar-refractivity contribution is 0.598. The van der Waals surface area contributed by atoms with Gasteiger partial charge in [-0.25, -0.2) is 18.5 Å². The second kappa shape index (κ2) is 4.82. The van der Waals surface area contributed by atoms with Crippen LogP contribution in [0.5, 0.6) is 0 Å². The van der Waals surface area contributed by atoms with Gasteiger partial charge < -0.3 is 5.32 Å². The fourth-order valence-corrected chi connectivity index (χ4v) is 2.33. The number of sulfonamides is 1. The van der Waals surface area contributed by atoms with Crippen molar-refractivity contribution in [2.45, 2.75) is 11.4 Å². The highest BCUT2D eigenvalue weighted by atomic mass is 32.2. The van der Waals surface area contributed by atoms with E-state index in [9.17, 15) is 8.42 Å². The quantitative estimate of drug-likeness (QED) is 0.878. The van der Waals surface area contributed by atoms with Gasteiger partial charge in [-0.05, 0) is 17.7 Å². The molecule has 1 aromatic carbocycles. The van der Waals surface area contributed by atoms with Gasteiger partial charge in [0, 0.05) is 18.1 Å². The fraction of sp³-hybridized carbons (Fsp3) is 0.100. The van der Waals surface area contributed by atoms with E-state index in [1.54, 1.807) is 18.3 Å². The summed E-state index contributed by atoms with van der Waals surface area (Å²) < 4.78 is 22.1. The highest BCUT2D eigenvalue weighted by Crippen LogP contribution is 2.13. The van der Waals surface area contributed by atoms with Crippen molar-refractivity contribution in [3.8, 4) is 0 Å². The van der Waals surface area contributed by atoms with Crippen LogP contribution in [0.1, 0.15) is 5.56 Å². The van der Waals surface area contributed by atoms with Crippen molar-refractivity contribution in [3.05, 3.63) is 41.4 Å². The predicted molar refractivity (Wildman–Crippen MR) is 67.3 cm³/mol. The molecule has 2 rings (SSSR count). The monoisotopic (exact) mass is 269 g/mol.